The van der Waals surface area contributed by atoms with Crippen molar-refractivity contribution in [3.8, 4) is 0 Å². The summed E-state index contributed by atoms with van der Waals surface area (Å²) in [5.74, 6) is 0.543. The van der Waals surface area contributed by atoms with E-state index in [1.807, 2.05) is 12.3 Å². The highest BCUT2D eigenvalue weighted by Crippen LogP contribution is 2.20. The number of hydrogen-bond donors (Lipinski definition) is 1. The summed E-state index contributed by atoms with van der Waals surface area (Å²) >= 11 is 5.09. The van der Waals surface area contributed by atoms with Gasteiger partial charge in [0.15, 0.2) is 0 Å². The number of rotatable bonds is 7. The average molecular weight is 267 g/mol. The molecule has 1 rings (SSSR count). The third-order valence-corrected chi connectivity index (χ3v) is 2.78. The summed E-state index contributed by atoms with van der Waals surface area (Å²) in [4.78, 5) is 6.79. The first-order chi connectivity index (χ1) is 8.56. The van der Waals surface area contributed by atoms with Crippen molar-refractivity contribution in [1.82, 2.24) is 4.98 Å². The van der Waals surface area contributed by atoms with Crippen LogP contribution in [0.15, 0.2) is 18.5 Å². The van der Waals surface area contributed by atoms with Crippen molar-refractivity contribution in [2.75, 3.05) is 31.7 Å². The Hall–Kier alpha value is -1.20. The second-order valence-electron chi connectivity index (χ2n) is 4.59. The molecular weight excluding hydrogens is 246 g/mol. The van der Waals surface area contributed by atoms with Crippen LogP contribution in [0.4, 0.5) is 5.69 Å². The summed E-state index contributed by atoms with van der Waals surface area (Å²) in [6, 6.07) is 1.86. The zero-order chi connectivity index (χ0) is 13.5. The van der Waals surface area contributed by atoms with Crippen LogP contribution in [-0.2, 0) is 4.74 Å². The van der Waals surface area contributed by atoms with E-state index in [2.05, 4.69) is 23.7 Å². The first-order valence-corrected chi connectivity index (χ1v) is 6.44. The SMILES string of the molecule is COCCN(CC(C)C)c1cnccc1C(N)=S. The lowest BCUT2D eigenvalue weighted by Gasteiger charge is -2.27. The zero-order valence-electron chi connectivity index (χ0n) is 11.2. The van der Waals surface area contributed by atoms with Crippen LogP contribution in [0.1, 0.15) is 19.4 Å². The van der Waals surface area contributed by atoms with Crippen LogP contribution in [0.3, 0.4) is 0 Å². The zero-order valence-corrected chi connectivity index (χ0v) is 12.0. The molecular formula is C13H21N3OS. The highest BCUT2D eigenvalue weighted by molar-refractivity contribution is 7.80. The molecule has 5 heteroatoms. The van der Waals surface area contributed by atoms with Gasteiger partial charge in [0, 0.05) is 32.0 Å². The van der Waals surface area contributed by atoms with Crippen LogP contribution in [0.2, 0.25) is 0 Å². The highest BCUT2D eigenvalue weighted by Gasteiger charge is 2.14. The van der Waals surface area contributed by atoms with Gasteiger partial charge in [-0.25, -0.2) is 0 Å². The van der Waals surface area contributed by atoms with E-state index < -0.39 is 0 Å². The van der Waals surface area contributed by atoms with E-state index in [0.29, 0.717) is 17.5 Å². The molecule has 2 N–H and O–H groups in total. The van der Waals surface area contributed by atoms with Gasteiger partial charge < -0.3 is 15.4 Å². The van der Waals surface area contributed by atoms with Crippen molar-refractivity contribution in [2.24, 2.45) is 11.7 Å². The molecule has 18 heavy (non-hydrogen) atoms. The van der Waals surface area contributed by atoms with Gasteiger partial charge in [-0.15, -0.1) is 0 Å². The summed E-state index contributed by atoms with van der Waals surface area (Å²) in [5, 5.41) is 0. The van der Waals surface area contributed by atoms with Gasteiger partial charge in [-0.3, -0.25) is 4.98 Å². The van der Waals surface area contributed by atoms with E-state index in [9.17, 15) is 0 Å². The Labute approximate surface area is 114 Å². The second-order valence-corrected chi connectivity index (χ2v) is 5.03. The van der Waals surface area contributed by atoms with Crippen molar-refractivity contribution in [2.45, 2.75) is 13.8 Å². The lowest BCUT2D eigenvalue weighted by atomic mass is 10.1. The van der Waals surface area contributed by atoms with E-state index in [1.54, 1.807) is 13.3 Å². The summed E-state index contributed by atoms with van der Waals surface area (Å²) in [6.07, 6.45) is 3.52. The van der Waals surface area contributed by atoms with Gasteiger partial charge in [0.25, 0.3) is 0 Å². The molecule has 0 bridgehead atoms. The Morgan fingerprint density at radius 1 is 1.56 bits per heavy atom. The molecule has 100 valence electrons. The van der Waals surface area contributed by atoms with E-state index in [-0.39, 0.29) is 0 Å². The van der Waals surface area contributed by atoms with E-state index in [1.165, 1.54) is 0 Å². The third kappa shape index (κ3) is 4.23. The topological polar surface area (TPSA) is 51.4 Å². The van der Waals surface area contributed by atoms with Crippen LogP contribution in [0, 0.1) is 5.92 Å². The van der Waals surface area contributed by atoms with Crippen molar-refractivity contribution in [1.29, 1.82) is 0 Å². The van der Waals surface area contributed by atoms with E-state index in [4.69, 9.17) is 22.7 Å². The Balaban J connectivity index is 2.99. The molecule has 1 heterocycles. The molecule has 0 saturated carbocycles. The van der Waals surface area contributed by atoms with Gasteiger partial charge in [-0.05, 0) is 12.0 Å². The van der Waals surface area contributed by atoms with Gasteiger partial charge in [0.05, 0.1) is 18.5 Å². The summed E-state index contributed by atoms with van der Waals surface area (Å²) < 4.78 is 5.15. The fourth-order valence-corrected chi connectivity index (χ4v) is 1.97. The fraction of sp³-hybridized carbons (Fsp3) is 0.538. The monoisotopic (exact) mass is 267 g/mol. The van der Waals surface area contributed by atoms with Gasteiger partial charge in [-0.1, -0.05) is 26.1 Å². The molecule has 4 nitrogen and oxygen atoms in total. The quantitative estimate of drug-likeness (QED) is 0.764. The van der Waals surface area contributed by atoms with Gasteiger partial charge >= 0.3 is 0 Å². The molecule has 0 aromatic carbocycles. The summed E-state index contributed by atoms with van der Waals surface area (Å²) in [7, 11) is 1.70. The molecule has 0 radical (unpaired) electrons. The maximum Gasteiger partial charge on any atom is 0.106 e. The molecule has 0 spiro atoms. The number of methoxy groups -OCH3 is 1. The maximum absolute atomic E-state index is 5.76. The maximum atomic E-state index is 5.76. The Bertz CT molecular complexity index is 396. The molecule has 0 atom stereocenters. The minimum atomic E-state index is 0.401. The van der Waals surface area contributed by atoms with E-state index >= 15 is 0 Å². The molecule has 0 aliphatic carbocycles. The molecule has 0 unspecified atom stereocenters. The molecule has 1 aromatic heterocycles. The van der Waals surface area contributed by atoms with Crippen LogP contribution in [-0.4, -0.2) is 36.8 Å². The first kappa shape index (κ1) is 14.9. The van der Waals surface area contributed by atoms with Crippen molar-refractivity contribution in [3.63, 3.8) is 0 Å². The van der Waals surface area contributed by atoms with Crippen LogP contribution in [0.25, 0.3) is 0 Å². The largest absolute Gasteiger partial charge is 0.389 e. The molecule has 0 aliphatic rings. The van der Waals surface area contributed by atoms with Gasteiger partial charge in [0.1, 0.15) is 4.99 Å². The van der Waals surface area contributed by atoms with E-state index in [0.717, 1.165) is 24.3 Å². The van der Waals surface area contributed by atoms with Gasteiger partial charge in [-0.2, -0.15) is 0 Å². The van der Waals surface area contributed by atoms with Crippen molar-refractivity contribution in [3.05, 3.63) is 24.0 Å². The van der Waals surface area contributed by atoms with Crippen LogP contribution < -0.4 is 10.6 Å². The number of nitrogens with two attached hydrogens (primary N) is 1. The first-order valence-electron chi connectivity index (χ1n) is 6.04. The molecule has 0 aliphatic heterocycles. The molecule has 0 fully saturated rings. The lowest BCUT2D eigenvalue weighted by molar-refractivity contribution is 0.204. The minimum Gasteiger partial charge on any atom is -0.389 e. The van der Waals surface area contributed by atoms with Crippen LogP contribution >= 0.6 is 12.2 Å². The number of pyridine rings is 1. The fourth-order valence-electron chi connectivity index (χ4n) is 1.80. The molecule has 0 amide bonds. The predicted octanol–water partition coefficient (Wildman–Crippen LogP) is 1.82. The number of anilines is 1. The second kappa shape index (κ2) is 7.28. The van der Waals surface area contributed by atoms with Crippen LogP contribution in [0.5, 0.6) is 0 Å². The standard InChI is InChI=1S/C13H21N3OS/c1-10(2)9-16(6-7-17-3)12-8-15-5-4-11(12)13(14)18/h4-5,8,10H,6-7,9H2,1-3H3,(H2,14,18). The molecule has 0 saturated heterocycles. The lowest BCUT2D eigenvalue weighted by Crippen LogP contribution is -2.32. The number of thiocarbonyl (C=S) groups is 1. The number of ether oxygens (including phenoxy) is 1. The smallest absolute Gasteiger partial charge is 0.106 e. The number of hydrogen-bond acceptors (Lipinski definition) is 4. The summed E-state index contributed by atoms with van der Waals surface area (Å²) in [6.45, 7) is 6.74. The Morgan fingerprint density at radius 2 is 2.28 bits per heavy atom. The number of nitrogens with zero attached hydrogens (tertiary/aromatic N) is 2. The van der Waals surface area contributed by atoms with Crippen molar-refractivity contribution < 1.29 is 4.74 Å². The number of aromatic nitrogens is 1. The van der Waals surface area contributed by atoms with Gasteiger partial charge in [0.2, 0.25) is 0 Å². The highest BCUT2D eigenvalue weighted by atomic mass is 32.1. The molecule has 1 aromatic rings. The third-order valence-electron chi connectivity index (χ3n) is 2.56. The normalized spacial score (nSPS) is 10.7. The van der Waals surface area contributed by atoms with Crippen molar-refractivity contribution >= 4 is 22.9 Å². The Morgan fingerprint density at radius 3 is 2.83 bits per heavy atom. The average Bonchev–Trinajstić information content (AvgIpc) is 2.34. The minimum absolute atomic E-state index is 0.401. The predicted molar refractivity (Wildman–Crippen MR) is 79.1 cm³/mol. The summed E-state index contributed by atoms with van der Waals surface area (Å²) in [5.41, 5.74) is 7.61. The Kier molecular flexibility index (Phi) is 6.01.